The van der Waals surface area contributed by atoms with Crippen molar-refractivity contribution in [1.82, 2.24) is 25.6 Å². The normalized spacial score (nSPS) is 10.9. The van der Waals surface area contributed by atoms with E-state index in [1.54, 1.807) is 0 Å². The van der Waals surface area contributed by atoms with Crippen molar-refractivity contribution < 1.29 is 9.53 Å². The summed E-state index contributed by atoms with van der Waals surface area (Å²) in [7, 11) is 0. The van der Waals surface area contributed by atoms with Crippen molar-refractivity contribution in [2.45, 2.75) is 59.0 Å². The van der Waals surface area contributed by atoms with Crippen LogP contribution in [0.15, 0.2) is 54.6 Å². The molecule has 0 aliphatic rings. The number of pyridine rings is 1. The number of aryl methyl sites for hydroxylation is 2. The van der Waals surface area contributed by atoms with E-state index in [1.165, 1.54) is 0 Å². The van der Waals surface area contributed by atoms with Gasteiger partial charge in [-0.2, -0.15) is 5.21 Å². The van der Waals surface area contributed by atoms with Crippen molar-refractivity contribution in [3.8, 4) is 28.3 Å². The lowest BCUT2D eigenvalue weighted by Crippen LogP contribution is -2.18. The number of nitrogens with one attached hydrogen (secondary N) is 1. The summed E-state index contributed by atoms with van der Waals surface area (Å²) in [5.74, 6) is 0.474. The second-order valence-corrected chi connectivity index (χ2v) is 8.77. The summed E-state index contributed by atoms with van der Waals surface area (Å²) in [5, 5.41) is 14.6. The lowest BCUT2D eigenvalue weighted by atomic mass is 9.97. The number of H-pyrrole nitrogens is 1. The van der Waals surface area contributed by atoms with Gasteiger partial charge in [0.2, 0.25) is 5.82 Å². The monoisotopic (exact) mass is 484 g/mol. The Morgan fingerprint density at radius 1 is 0.972 bits per heavy atom. The molecule has 0 saturated heterocycles. The van der Waals surface area contributed by atoms with Gasteiger partial charge in [0, 0.05) is 17.3 Å². The van der Waals surface area contributed by atoms with Crippen LogP contribution in [0.1, 0.15) is 66.8 Å². The second-order valence-electron chi connectivity index (χ2n) is 8.77. The fourth-order valence-corrected chi connectivity index (χ4v) is 4.19. The SMILES string of the molecule is CCCCc1cc(OCc2ccc(-c3ccccc3)c(-c3nn[nH]n3)c2)c(C(N)=O)c(CCCC)n1. The zero-order valence-electron chi connectivity index (χ0n) is 20.8. The molecule has 8 heteroatoms. The molecule has 2 aromatic carbocycles. The van der Waals surface area contributed by atoms with E-state index < -0.39 is 5.91 Å². The van der Waals surface area contributed by atoms with Gasteiger partial charge in [0.05, 0.1) is 5.69 Å². The maximum atomic E-state index is 12.4. The molecule has 0 aliphatic heterocycles. The molecule has 4 rings (SSSR count). The van der Waals surface area contributed by atoms with Crippen LogP contribution >= 0.6 is 0 Å². The lowest BCUT2D eigenvalue weighted by Gasteiger charge is -2.16. The van der Waals surface area contributed by atoms with Gasteiger partial charge in [-0.25, -0.2) is 0 Å². The number of amides is 1. The minimum Gasteiger partial charge on any atom is -0.488 e. The molecule has 0 aliphatic carbocycles. The van der Waals surface area contributed by atoms with Gasteiger partial charge < -0.3 is 10.5 Å². The van der Waals surface area contributed by atoms with Gasteiger partial charge in [-0.1, -0.05) is 69.2 Å². The summed E-state index contributed by atoms with van der Waals surface area (Å²) < 4.78 is 6.24. The van der Waals surface area contributed by atoms with Crippen molar-refractivity contribution in [2.75, 3.05) is 0 Å². The Morgan fingerprint density at radius 3 is 2.44 bits per heavy atom. The van der Waals surface area contributed by atoms with Crippen LogP contribution in [0, 0.1) is 0 Å². The second kappa shape index (κ2) is 12.1. The third-order valence-electron chi connectivity index (χ3n) is 6.06. The highest BCUT2D eigenvalue weighted by Crippen LogP contribution is 2.32. The van der Waals surface area contributed by atoms with E-state index >= 15 is 0 Å². The number of nitrogens with two attached hydrogens (primary N) is 1. The van der Waals surface area contributed by atoms with Crippen LogP contribution in [0.3, 0.4) is 0 Å². The predicted molar refractivity (Wildman–Crippen MR) is 139 cm³/mol. The summed E-state index contributed by atoms with van der Waals surface area (Å²) in [5.41, 5.74) is 11.6. The summed E-state index contributed by atoms with van der Waals surface area (Å²) in [4.78, 5) is 17.2. The highest BCUT2D eigenvalue weighted by atomic mass is 16.5. The number of hydrogen-bond donors (Lipinski definition) is 2. The van der Waals surface area contributed by atoms with E-state index in [-0.39, 0.29) is 6.61 Å². The predicted octanol–water partition coefficient (Wildman–Crippen LogP) is 5.29. The van der Waals surface area contributed by atoms with Crippen LogP contribution in [-0.4, -0.2) is 31.5 Å². The third-order valence-corrected chi connectivity index (χ3v) is 6.06. The van der Waals surface area contributed by atoms with Crippen LogP contribution in [0.2, 0.25) is 0 Å². The van der Waals surface area contributed by atoms with E-state index in [0.717, 1.165) is 65.7 Å². The summed E-state index contributed by atoms with van der Waals surface area (Å²) >= 11 is 0. The molecule has 4 aromatic rings. The van der Waals surface area contributed by atoms with Gasteiger partial charge in [-0.05, 0) is 53.7 Å². The first kappa shape index (κ1) is 25.0. The van der Waals surface area contributed by atoms with E-state index in [1.807, 2.05) is 54.6 Å². The maximum Gasteiger partial charge on any atom is 0.254 e. The number of aromatic nitrogens is 5. The Hall–Kier alpha value is -4.07. The number of tetrazole rings is 1. The van der Waals surface area contributed by atoms with Crippen molar-refractivity contribution >= 4 is 5.91 Å². The number of carbonyl (C=O) groups is 1. The van der Waals surface area contributed by atoms with E-state index in [9.17, 15) is 4.79 Å². The minimum atomic E-state index is -0.516. The van der Waals surface area contributed by atoms with Crippen molar-refractivity contribution in [2.24, 2.45) is 5.73 Å². The standard InChI is InChI=1S/C28H32N6O2/c1-3-5-12-21-17-25(26(27(29)35)24(30-21)13-6-4-2)36-18-19-14-15-22(20-10-8-7-9-11-20)23(16-19)28-31-33-34-32-28/h7-11,14-17H,3-6,12-13,18H2,1-2H3,(H2,29,35)(H,31,32,33,34). The molecule has 0 spiro atoms. The van der Waals surface area contributed by atoms with Crippen molar-refractivity contribution in [3.63, 3.8) is 0 Å². The Labute approximate surface area is 211 Å². The molecule has 0 unspecified atom stereocenters. The van der Waals surface area contributed by atoms with Crippen LogP contribution in [0.4, 0.5) is 0 Å². The number of benzene rings is 2. The zero-order chi connectivity index (χ0) is 25.3. The van der Waals surface area contributed by atoms with Gasteiger partial charge in [0.15, 0.2) is 0 Å². The molecular weight excluding hydrogens is 452 g/mol. The molecule has 3 N–H and O–H groups in total. The molecule has 2 heterocycles. The average Bonchev–Trinajstić information content (AvgIpc) is 3.44. The largest absolute Gasteiger partial charge is 0.488 e. The smallest absolute Gasteiger partial charge is 0.254 e. The van der Waals surface area contributed by atoms with Crippen LogP contribution in [-0.2, 0) is 19.4 Å². The first-order valence-electron chi connectivity index (χ1n) is 12.5. The van der Waals surface area contributed by atoms with Gasteiger partial charge >= 0.3 is 0 Å². The molecule has 0 saturated carbocycles. The summed E-state index contributed by atoms with van der Waals surface area (Å²) in [6.45, 7) is 4.51. The van der Waals surface area contributed by atoms with Gasteiger partial charge in [-0.15, -0.1) is 10.2 Å². The van der Waals surface area contributed by atoms with Crippen molar-refractivity contribution in [3.05, 3.63) is 77.1 Å². The van der Waals surface area contributed by atoms with Crippen molar-refractivity contribution in [1.29, 1.82) is 0 Å². The van der Waals surface area contributed by atoms with Gasteiger partial charge in [0.25, 0.3) is 5.91 Å². The van der Waals surface area contributed by atoms with Gasteiger partial charge in [0.1, 0.15) is 17.9 Å². The molecule has 0 fully saturated rings. The zero-order valence-corrected chi connectivity index (χ0v) is 20.8. The quantitative estimate of drug-likeness (QED) is 0.282. The Bertz CT molecular complexity index is 1290. The van der Waals surface area contributed by atoms with Crippen LogP contribution < -0.4 is 10.5 Å². The molecule has 0 atom stereocenters. The molecule has 0 radical (unpaired) electrons. The number of aromatic amines is 1. The van der Waals surface area contributed by atoms with E-state index in [0.29, 0.717) is 23.6 Å². The number of primary amides is 1. The van der Waals surface area contributed by atoms with Crippen LogP contribution in [0.25, 0.3) is 22.5 Å². The number of rotatable bonds is 12. The van der Waals surface area contributed by atoms with E-state index in [4.69, 9.17) is 15.5 Å². The maximum absolute atomic E-state index is 12.4. The van der Waals surface area contributed by atoms with E-state index in [2.05, 4.69) is 34.5 Å². The topological polar surface area (TPSA) is 120 Å². The minimum absolute atomic E-state index is 0.255. The lowest BCUT2D eigenvalue weighted by molar-refractivity contribution is 0.0994. The number of carbonyl (C=O) groups excluding carboxylic acids is 1. The molecular formula is C28H32N6O2. The Balaban J connectivity index is 1.67. The number of nitrogens with zero attached hydrogens (tertiary/aromatic N) is 4. The fourth-order valence-electron chi connectivity index (χ4n) is 4.19. The van der Waals surface area contributed by atoms with Gasteiger partial charge in [-0.3, -0.25) is 9.78 Å². The average molecular weight is 485 g/mol. The molecule has 186 valence electrons. The Morgan fingerprint density at radius 2 is 1.75 bits per heavy atom. The Kier molecular flexibility index (Phi) is 8.39. The number of unbranched alkanes of at least 4 members (excludes halogenated alkanes) is 2. The molecule has 36 heavy (non-hydrogen) atoms. The number of hydrogen-bond acceptors (Lipinski definition) is 6. The fraction of sp³-hybridized carbons (Fsp3) is 0.321. The number of ether oxygens (including phenoxy) is 1. The first-order valence-corrected chi connectivity index (χ1v) is 12.5. The summed E-state index contributed by atoms with van der Waals surface area (Å²) in [6.07, 6.45) is 5.54. The highest BCUT2D eigenvalue weighted by molar-refractivity contribution is 5.96. The molecule has 8 nitrogen and oxygen atoms in total. The highest BCUT2D eigenvalue weighted by Gasteiger charge is 2.19. The molecule has 1 amide bonds. The first-order chi connectivity index (χ1) is 17.6. The van der Waals surface area contributed by atoms with Crippen LogP contribution in [0.5, 0.6) is 5.75 Å². The third kappa shape index (κ3) is 5.94. The molecule has 2 aromatic heterocycles. The molecule has 0 bridgehead atoms. The summed E-state index contributed by atoms with van der Waals surface area (Å²) in [6, 6.07) is 17.9.